The molecule has 0 aliphatic carbocycles. The molecule has 41 heavy (non-hydrogen) atoms. The summed E-state index contributed by atoms with van der Waals surface area (Å²) in [5, 5.41) is 2.95. The summed E-state index contributed by atoms with van der Waals surface area (Å²) in [7, 11) is 1.20. The van der Waals surface area contributed by atoms with E-state index >= 15 is 0 Å². The SMILES string of the molecule is COC(=O)Cc1cccnc1-c1nc(Nc2ccc(C3CCCN(C(=O)OC(C)(C)C)C3)cc2)ncc1C(F)(F)F. The summed E-state index contributed by atoms with van der Waals surface area (Å²) in [6, 6.07) is 10.4. The lowest BCUT2D eigenvalue weighted by Gasteiger charge is -2.34. The zero-order valence-electron chi connectivity index (χ0n) is 23.3. The zero-order valence-corrected chi connectivity index (χ0v) is 23.3. The number of rotatable bonds is 6. The van der Waals surface area contributed by atoms with Gasteiger partial charge in [0.25, 0.3) is 0 Å². The van der Waals surface area contributed by atoms with Gasteiger partial charge in [-0.05, 0) is 62.9 Å². The molecule has 0 bridgehead atoms. The van der Waals surface area contributed by atoms with Crippen molar-refractivity contribution in [3.8, 4) is 11.4 Å². The molecule has 0 spiro atoms. The second-order valence-corrected chi connectivity index (χ2v) is 10.7. The van der Waals surface area contributed by atoms with Gasteiger partial charge in [0.05, 0.1) is 19.2 Å². The summed E-state index contributed by atoms with van der Waals surface area (Å²) in [4.78, 5) is 38.2. The van der Waals surface area contributed by atoms with E-state index in [1.54, 1.807) is 17.0 Å². The molecule has 3 aromatic rings. The molecule has 0 radical (unpaired) electrons. The Kier molecular flexibility index (Phi) is 8.79. The van der Waals surface area contributed by atoms with Crippen LogP contribution in [0, 0.1) is 0 Å². The van der Waals surface area contributed by atoms with Crippen molar-refractivity contribution in [2.24, 2.45) is 0 Å². The molecule has 1 aliphatic heterocycles. The minimum atomic E-state index is -4.75. The molecule has 218 valence electrons. The standard InChI is InChI=1S/C29H32F3N5O4/c1-28(2,3)41-27(39)37-14-6-8-20(17-37)18-9-11-21(12-10-18)35-26-34-16-22(29(30,31)32)25(36-26)24-19(7-5-13-33-24)15-23(38)40-4/h5,7,9-13,16,20H,6,8,14-15,17H2,1-4H3,(H,34,35,36). The topological polar surface area (TPSA) is 107 Å². The number of alkyl halides is 3. The van der Waals surface area contributed by atoms with Crippen LogP contribution in [0.15, 0.2) is 48.8 Å². The van der Waals surface area contributed by atoms with Gasteiger partial charge in [-0.25, -0.2) is 14.8 Å². The minimum absolute atomic E-state index is 0.0656. The Bertz CT molecular complexity index is 1390. The molecular formula is C29H32F3N5O4. The van der Waals surface area contributed by atoms with Crippen LogP contribution in [0.4, 0.5) is 29.6 Å². The molecule has 1 N–H and O–H groups in total. The second-order valence-electron chi connectivity index (χ2n) is 10.7. The van der Waals surface area contributed by atoms with E-state index in [0.717, 1.165) is 18.4 Å². The Morgan fingerprint density at radius 3 is 2.46 bits per heavy atom. The maximum absolute atomic E-state index is 13.9. The third kappa shape index (κ3) is 7.71. The Labute approximate surface area is 236 Å². The van der Waals surface area contributed by atoms with Gasteiger partial charge in [0, 0.05) is 37.1 Å². The van der Waals surface area contributed by atoms with E-state index in [2.05, 4.69) is 25.0 Å². The molecule has 1 aliphatic rings. The molecule has 1 aromatic carbocycles. The number of piperidine rings is 1. The normalized spacial score (nSPS) is 15.8. The molecule has 1 saturated heterocycles. The quantitative estimate of drug-likeness (QED) is 0.352. The second kappa shape index (κ2) is 12.1. The van der Waals surface area contributed by atoms with Gasteiger partial charge in [0.15, 0.2) is 0 Å². The number of esters is 1. The fraction of sp³-hybridized carbons (Fsp3) is 0.414. The Morgan fingerprint density at radius 2 is 1.80 bits per heavy atom. The molecule has 1 atom stereocenters. The van der Waals surface area contributed by atoms with E-state index in [1.807, 2.05) is 32.9 Å². The highest BCUT2D eigenvalue weighted by molar-refractivity contribution is 5.76. The first-order chi connectivity index (χ1) is 19.3. The van der Waals surface area contributed by atoms with Crippen LogP contribution in [0.1, 0.15) is 56.2 Å². The van der Waals surface area contributed by atoms with Crippen LogP contribution in [0.3, 0.4) is 0 Å². The van der Waals surface area contributed by atoms with Gasteiger partial charge in [-0.15, -0.1) is 0 Å². The molecule has 1 fully saturated rings. The van der Waals surface area contributed by atoms with Crippen LogP contribution in [-0.2, 0) is 26.9 Å². The molecular weight excluding hydrogens is 539 g/mol. The summed E-state index contributed by atoms with van der Waals surface area (Å²) < 4.78 is 51.8. The van der Waals surface area contributed by atoms with E-state index in [0.29, 0.717) is 25.0 Å². The predicted molar refractivity (Wildman–Crippen MR) is 145 cm³/mol. The monoisotopic (exact) mass is 571 g/mol. The third-order valence-corrected chi connectivity index (χ3v) is 6.48. The van der Waals surface area contributed by atoms with Crippen LogP contribution in [-0.4, -0.2) is 57.7 Å². The van der Waals surface area contributed by atoms with E-state index in [-0.39, 0.29) is 35.6 Å². The van der Waals surface area contributed by atoms with Crippen molar-refractivity contribution < 1.29 is 32.2 Å². The molecule has 0 saturated carbocycles. The van der Waals surface area contributed by atoms with Crippen molar-refractivity contribution in [1.29, 1.82) is 0 Å². The smallest absolute Gasteiger partial charge is 0.420 e. The first-order valence-corrected chi connectivity index (χ1v) is 13.1. The highest BCUT2D eigenvalue weighted by Gasteiger charge is 2.36. The number of nitrogens with zero attached hydrogens (tertiary/aromatic N) is 4. The third-order valence-electron chi connectivity index (χ3n) is 6.48. The molecule has 1 amide bonds. The number of carbonyl (C=O) groups excluding carboxylic acids is 2. The van der Waals surface area contributed by atoms with E-state index in [9.17, 15) is 22.8 Å². The number of methoxy groups -OCH3 is 1. The minimum Gasteiger partial charge on any atom is -0.469 e. The average molecular weight is 572 g/mol. The van der Waals surface area contributed by atoms with Crippen molar-refractivity contribution in [3.63, 3.8) is 0 Å². The fourth-order valence-corrected chi connectivity index (χ4v) is 4.56. The number of aromatic nitrogens is 3. The van der Waals surface area contributed by atoms with Gasteiger partial charge in [-0.3, -0.25) is 9.78 Å². The van der Waals surface area contributed by atoms with Crippen LogP contribution in [0.5, 0.6) is 0 Å². The number of halogens is 3. The number of pyridine rings is 1. The lowest BCUT2D eigenvalue weighted by Crippen LogP contribution is -2.42. The number of nitrogens with one attached hydrogen (secondary N) is 1. The Hall–Kier alpha value is -4.22. The van der Waals surface area contributed by atoms with Gasteiger partial charge in [-0.1, -0.05) is 18.2 Å². The van der Waals surface area contributed by atoms with Crippen LogP contribution >= 0.6 is 0 Å². The van der Waals surface area contributed by atoms with E-state index in [1.165, 1.54) is 25.4 Å². The molecule has 4 rings (SSSR count). The molecule has 1 unspecified atom stereocenters. The molecule has 12 heteroatoms. The Morgan fingerprint density at radius 1 is 1.07 bits per heavy atom. The van der Waals surface area contributed by atoms with Crippen molar-refractivity contribution in [1.82, 2.24) is 19.9 Å². The summed E-state index contributed by atoms with van der Waals surface area (Å²) in [6.07, 6.45) is -1.56. The van der Waals surface area contributed by atoms with Crippen molar-refractivity contribution in [3.05, 3.63) is 65.5 Å². The fourth-order valence-electron chi connectivity index (χ4n) is 4.56. The average Bonchev–Trinajstić information content (AvgIpc) is 2.92. The molecule has 3 heterocycles. The van der Waals surface area contributed by atoms with Crippen molar-refractivity contribution >= 4 is 23.7 Å². The van der Waals surface area contributed by atoms with Gasteiger partial charge in [0.2, 0.25) is 5.95 Å². The number of carbonyl (C=O) groups is 2. The first-order valence-electron chi connectivity index (χ1n) is 13.1. The maximum Gasteiger partial charge on any atom is 0.420 e. The van der Waals surface area contributed by atoms with Crippen LogP contribution < -0.4 is 5.32 Å². The van der Waals surface area contributed by atoms with E-state index in [4.69, 9.17) is 4.74 Å². The summed E-state index contributed by atoms with van der Waals surface area (Å²) in [6.45, 7) is 6.67. The number of likely N-dealkylation sites (tertiary alicyclic amines) is 1. The molecule has 2 aromatic heterocycles. The predicted octanol–water partition coefficient (Wildman–Crippen LogP) is 6.13. The Balaban J connectivity index is 1.55. The van der Waals surface area contributed by atoms with Crippen molar-refractivity contribution in [2.45, 2.75) is 57.7 Å². The van der Waals surface area contributed by atoms with Crippen LogP contribution in [0.2, 0.25) is 0 Å². The summed E-state index contributed by atoms with van der Waals surface area (Å²) in [5.74, 6) is -0.562. The number of anilines is 2. The lowest BCUT2D eigenvalue weighted by atomic mass is 9.90. The summed E-state index contributed by atoms with van der Waals surface area (Å²) >= 11 is 0. The number of hydrogen-bond acceptors (Lipinski definition) is 8. The molecule has 9 nitrogen and oxygen atoms in total. The highest BCUT2D eigenvalue weighted by atomic mass is 19.4. The number of benzene rings is 1. The first kappa shape index (κ1) is 29.8. The van der Waals surface area contributed by atoms with Gasteiger partial charge < -0.3 is 19.7 Å². The largest absolute Gasteiger partial charge is 0.469 e. The zero-order chi connectivity index (χ0) is 29.8. The van der Waals surface area contributed by atoms with Gasteiger partial charge in [-0.2, -0.15) is 13.2 Å². The lowest BCUT2D eigenvalue weighted by molar-refractivity contribution is -0.139. The maximum atomic E-state index is 13.9. The van der Waals surface area contributed by atoms with Gasteiger partial charge >= 0.3 is 18.2 Å². The number of ether oxygens (including phenoxy) is 2. The summed E-state index contributed by atoms with van der Waals surface area (Å²) in [5.41, 5.74) is -0.346. The van der Waals surface area contributed by atoms with Gasteiger partial charge in [0.1, 0.15) is 16.9 Å². The van der Waals surface area contributed by atoms with Crippen molar-refractivity contribution in [2.75, 3.05) is 25.5 Å². The van der Waals surface area contributed by atoms with E-state index < -0.39 is 29.0 Å². The highest BCUT2D eigenvalue weighted by Crippen LogP contribution is 2.37. The number of hydrogen-bond donors (Lipinski definition) is 1. The number of amides is 1. The van der Waals surface area contributed by atoms with Crippen LogP contribution in [0.25, 0.3) is 11.4 Å².